The Morgan fingerprint density at radius 3 is 2.00 bits per heavy atom. The van der Waals surface area contributed by atoms with Gasteiger partial charge in [-0.2, -0.15) is 5.26 Å². The average molecular weight is 201 g/mol. The predicted octanol–water partition coefficient (Wildman–Crippen LogP) is -0.177. The van der Waals surface area contributed by atoms with Gasteiger partial charge >= 0.3 is 5.97 Å². The molecule has 0 unspecified atom stereocenters. The molecule has 0 saturated carbocycles. The van der Waals surface area contributed by atoms with E-state index >= 15 is 0 Å². The van der Waals surface area contributed by atoms with Crippen molar-refractivity contribution in [1.82, 2.24) is 0 Å². The molecule has 0 aromatic rings. The van der Waals surface area contributed by atoms with Crippen molar-refractivity contribution in [3.8, 4) is 6.07 Å². The second-order valence-electron chi connectivity index (χ2n) is 4.01. The second kappa shape index (κ2) is 4.40. The largest absolute Gasteiger partial charge is 0.459 e. The van der Waals surface area contributed by atoms with Gasteiger partial charge in [0, 0.05) is 0 Å². The van der Waals surface area contributed by atoms with Crippen LogP contribution in [0.2, 0.25) is 0 Å². The summed E-state index contributed by atoms with van der Waals surface area (Å²) in [5.41, 5.74) is -2.60. The Hall–Kier alpha value is -1.12. The number of hydrogen-bond acceptors (Lipinski definition) is 5. The van der Waals surface area contributed by atoms with Crippen LogP contribution in [0.4, 0.5) is 0 Å². The van der Waals surface area contributed by atoms with E-state index in [1.54, 1.807) is 26.8 Å². The number of carbonyl (C=O) groups excluding carboxylic acids is 1. The first kappa shape index (κ1) is 12.9. The molecule has 0 aliphatic heterocycles. The van der Waals surface area contributed by atoms with Crippen LogP contribution in [-0.2, 0) is 9.53 Å². The van der Waals surface area contributed by atoms with Gasteiger partial charge in [0.15, 0.2) is 5.41 Å². The normalized spacial score (nSPS) is 12.0. The smallest absolute Gasteiger partial charge is 0.331 e. The van der Waals surface area contributed by atoms with E-state index in [2.05, 4.69) is 0 Å². The van der Waals surface area contributed by atoms with E-state index in [0.29, 0.717) is 0 Å². The molecule has 0 fully saturated rings. The molecule has 2 N–H and O–H groups in total. The highest BCUT2D eigenvalue weighted by Gasteiger charge is 2.41. The van der Waals surface area contributed by atoms with E-state index in [1.165, 1.54) is 0 Å². The van der Waals surface area contributed by atoms with E-state index in [1.807, 2.05) is 0 Å². The van der Waals surface area contributed by atoms with E-state index in [9.17, 15) is 4.79 Å². The SMILES string of the molecule is CC(C)(C)OC(=O)C(C#N)(CO)CO. The van der Waals surface area contributed by atoms with Crippen LogP contribution in [0.5, 0.6) is 0 Å². The summed E-state index contributed by atoms with van der Waals surface area (Å²) in [5.74, 6) is -0.905. The highest BCUT2D eigenvalue weighted by Crippen LogP contribution is 2.20. The number of aliphatic hydroxyl groups excluding tert-OH is 2. The third-order valence-electron chi connectivity index (χ3n) is 1.54. The molecule has 0 aliphatic carbocycles. The minimum Gasteiger partial charge on any atom is -0.459 e. The molecule has 0 radical (unpaired) electrons. The number of esters is 1. The molecule has 0 saturated heterocycles. The van der Waals surface area contributed by atoms with E-state index in [4.69, 9.17) is 20.2 Å². The van der Waals surface area contributed by atoms with Crippen LogP contribution in [0.25, 0.3) is 0 Å². The van der Waals surface area contributed by atoms with Gasteiger partial charge < -0.3 is 14.9 Å². The summed E-state index contributed by atoms with van der Waals surface area (Å²) in [4.78, 5) is 11.4. The topological polar surface area (TPSA) is 90.6 Å². The lowest BCUT2D eigenvalue weighted by atomic mass is 9.92. The quantitative estimate of drug-likeness (QED) is 0.618. The number of nitrogens with zero attached hydrogens (tertiary/aromatic N) is 1. The summed E-state index contributed by atoms with van der Waals surface area (Å²) in [6, 6.07) is 1.56. The first-order valence-corrected chi connectivity index (χ1v) is 4.18. The Bertz CT molecular complexity index is 245. The fourth-order valence-electron chi connectivity index (χ4n) is 0.671. The van der Waals surface area contributed by atoms with E-state index < -0.39 is 30.2 Å². The maximum atomic E-state index is 11.4. The minimum atomic E-state index is -1.85. The molecule has 80 valence electrons. The Balaban J connectivity index is 4.73. The molecule has 0 bridgehead atoms. The zero-order valence-electron chi connectivity index (χ0n) is 8.57. The van der Waals surface area contributed by atoms with Crippen LogP contribution in [0.3, 0.4) is 0 Å². The van der Waals surface area contributed by atoms with Gasteiger partial charge in [0.05, 0.1) is 19.3 Å². The number of hydrogen-bond donors (Lipinski definition) is 2. The second-order valence-corrected chi connectivity index (χ2v) is 4.01. The van der Waals surface area contributed by atoms with Gasteiger partial charge in [-0.1, -0.05) is 0 Å². The molecule has 5 nitrogen and oxygen atoms in total. The lowest BCUT2D eigenvalue weighted by Gasteiger charge is -2.26. The fourth-order valence-corrected chi connectivity index (χ4v) is 0.671. The highest BCUT2D eigenvalue weighted by molar-refractivity contribution is 5.80. The van der Waals surface area contributed by atoms with Crippen LogP contribution in [0.15, 0.2) is 0 Å². The van der Waals surface area contributed by atoms with Crippen molar-refractivity contribution in [1.29, 1.82) is 5.26 Å². The van der Waals surface area contributed by atoms with Crippen molar-refractivity contribution in [3.63, 3.8) is 0 Å². The summed E-state index contributed by atoms with van der Waals surface area (Å²) in [6.45, 7) is 3.41. The van der Waals surface area contributed by atoms with Crippen molar-refractivity contribution >= 4 is 5.97 Å². The van der Waals surface area contributed by atoms with Gasteiger partial charge in [-0.05, 0) is 20.8 Å². The molecule has 14 heavy (non-hydrogen) atoms. The monoisotopic (exact) mass is 201 g/mol. The number of aliphatic hydroxyl groups is 2. The van der Waals surface area contributed by atoms with Crippen LogP contribution >= 0.6 is 0 Å². The zero-order valence-corrected chi connectivity index (χ0v) is 8.57. The molecular formula is C9H15NO4. The minimum absolute atomic E-state index is 0.747. The Morgan fingerprint density at radius 2 is 1.79 bits per heavy atom. The number of ether oxygens (including phenoxy) is 1. The van der Waals surface area contributed by atoms with Crippen molar-refractivity contribution in [2.75, 3.05) is 13.2 Å². The van der Waals surface area contributed by atoms with Crippen LogP contribution < -0.4 is 0 Å². The summed E-state index contributed by atoms with van der Waals surface area (Å²) in [6.07, 6.45) is 0. The molecule has 0 aromatic heterocycles. The van der Waals surface area contributed by atoms with Crippen LogP contribution in [-0.4, -0.2) is 35.0 Å². The number of carbonyl (C=O) groups is 1. The lowest BCUT2D eigenvalue weighted by Crippen LogP contribution is -2.42. The summed E-state index contributed by atoms with van der Waals surface area (Å²) in [5, 5.41) is 26.4. The molecule has 5 heteroatoms. The predicted molar refractivity (Wildman–Crippen MR) is 48.1 cm³/mol. The Labute approximate surface area is 82.9 Å². The van der Waals surface area contributed by atoms with E-state index in [-0.39, 0.29) is 0 Å². The third kappa shape index (κ3) is 2.98. The molecule has 0 rings (SSSR count). The molecule has 0 heterocycles. The number of nitriles is 1. The van der Waals surface area contributed by atoms with Crippen molar-refractivity contribution in [2.45, 2.75) is 26.4 Å². The number of rotatable bonds is 3. The van der Waals surface area contributed by atoms with Gasteiger partial charge in [-0.25, -0.2) is 0 Å². The van der Waals surface area contributed by atoms with Crippen LogP contribution in [0, 0.1) is 16.7 Å². The van der Waals surface area contributed by atoms with Crippen molar-refractivity contribution < 1.29 is 19.7 Å². The molecule has 0 spiro atoms. The summed E-state index contributed by atoms with van der Waals surface area (Å²) >= 11 is 0. The van der Waals surface area contributed by atoms with Gasteiger partial charge in [0.2, 0.25) is 0 Å². The summed E-state index contributed by atoms with van der Waals surface area (Å²) < 4.78 is 4.89. The van der Waals surface area contributed by atoms with Gasteiger partial charge in [0.1, 0.15) is 5.60 Å². The molecular weight excluding hydrogens is 186 g/mol. The standard InChI is InChI=1S/C9H15NO4/c1-8(2,3)14-7(13)9(4-10,5-11)6-12/h11-12H,5-6H2,1-3H3. The molecule has 0 aromatic carbocycles. The van der Waals surface area contributed by atoms with Crippen molar-refractivity contribution in [3.05, 3.63) is 0 Å². The molecule has 0 atom stereocenters. The average Bonchev–Trinajstić information content (AvgIpc) is 2.05. The van der Waals surface area contributed by atoms with Gasteiger partial charge in [-0.15, -0.1) is 0 Å². The van der Waals surface area contributed by atoms with Crippen molar-refractivity contribution in [2.24, 2.45) is 5.41 Å². The Kier molecular flexibility index (Phi) is 4.05. The lowest BCUT2D eigenvalue weighted by molar-refractivity contribution is -0.168. The first-order chi connectivity index (χ1) is 6.31. The van der Waals surface area contributed by atoms with Gasteiger partial charge in [0.25, 0.3) is 0 Å². The zero-order chi connectivity index (χ0) is 11.4. The van der Waals surface area contributed by atoms with Gasteiger partial charge in [-0.3, -0.25) is 4.79 Å². The third-order valence-corrected chi connectivity index (χ3v) is 1.54. The van der Waals surface area contributed by atoms with Crippen LogP contribution in [0.1, 0.15) is 20.8 Å². The molecule has 0 amide bonds. The summed E-state index contributed by atoms with van der Waals surface area (Å²) in [7, 11) is 0. The maximum absolute atomic E-state index is 11.4. The molecule has 0 aliphatic rings. The maximum Gasteiger partial charge on any atom is 0.331 e. The van der Waals surface area contributed by atoms with E-state index in [0.717, 1.165) is 0 Å². The highest BCUT2D eigenvalue weighted by atomic mass is 16.6. The first-order valence-electron chi connectivity index (χ1n) is 4.18. The fraction of sp³-hybridized carbons (Fsp3) is 0.778. The Morgan fingerprint density at radius 1 is 1.36 bits per heavy atom.